The third kappa shape index (κ3) is 4.01. The molecule has 36 heavy (non-hydrogen) atoms. The summed E-state index contributed by atoms with van der Waals surface area (Å²) < 4.78 is 40.5. The van der Waals surface area contributed by atoms with E-state index in [0.717, 1.165) is 11.6 Å². The zero-order valence-corrected chi connectivity index (χ0v) is 20.2. The SMILES string of the molecule is COc1ccc(-c2nn3c(O)cc(C(S)c4cccc(F)c4F)nc3c2-c2ccccc2)cc1OC. The molecule has 0 radical (unpaired) electrons. The minimum absolute atomic E-state index is 0.00970. The standard InChI is InChI=1S/C27H21F2N3O3S/c1-34-20-12-11-16(13-21(20)35-2)25-23(15-7-4-3-5-8-15)27-30-19(14-22(33)32(27)31-25)26(36)17-9-6-10-18(28)24(17)29/h3-14,26,33,36H,1-2H3. The van der Waals surface area contributed by atoms with E-state index in [0.29, 0.717) is 34.0 Å². The molecular formula is C27H21F2N3O3S. The fourth-order valence-corrected chi connectivity index (χ4v) is 4.44. The third-order valence-corrected chi connectivity index (χ3v) is 6.41. The maximum absolute atomic E-state index is 14.5. The van der Waals surface area contributed by atoms with E-state index in [1.165, 1.54) is 22.7 Å². The zero-order chi connectivity index (χ0) is 25.4. The summed E-state index contributed by atoms with van der Waals surface area (Å²) >= 11 is 4.50. The summed E-state index contributed by atoms with van der Waals surface area (Å²) in [6.45, 7) is 0. The van der Waals surface area contributed by atoms with Crippen LogP contribution in [0.3, 0.4) is 0 Å². The van der Waals surface area contributed by atoms with Crippen molar-refractivity contribution in [3.8, 4) is 39.8 Å². The lowest BCUT2D eigenvalue weighted by Crippen LogP contribution is -2.04. The maximum Gasteiger partial charge on any atom is 0.215 e. The van der Waals surface area contributed by atoms with E-state index in [9.17, 15) is 13.9 Å². The molecule has 1 unspecified atom stereocenters. The molecule has 0 aliphatic heterocycles. The molecule has 3 aromatic carbocycles. The van der Waals surface area contributed by atoms with Gasteiger partial charge in [-0.3, -0.25) is 0 Å². The number of ether oxygens (including phenoxy) is 2. The first-order valence-electron chi connectivity index (χ1n) is 10.9. The summed E-state index contributed by atoms with van der Waals surface area (Å²) in [5.74, 6) is -1.15. The smallest absolute Gasteiger partial charge is 0.215 e. The molecule has 182 valence electrons. The van der Waals surface area contributed by atoms with Gasteiger partial charge in [-0.2, -0.15) is 22.2 Å². The number of fused-ring (bicyclic) bond motifs is 1. The number of benzene rings is 3. The minimum Gasteiger partial charge on any atom is -0.493 e. The Bertz CT molecular complexity index is 1570. The number of thiol groups is 1. The highest BCUT2D eigenvalue weighted by atomic mass is 32.1. The predicted molar refractivity (Wildman–Crippen MR) is 136 cm³/mol. The molecule has 0 aliphatic rings. The van der Waals surface area contributed by atoms with Crippen LogP contribution in [-0.4, -0.2) is 33.9 Å². The fraction of sp³-hybridized carbons (Fsp3) is 0.111. The van der Waals surface area contributed by atoms with Gasteiger partial charge >= 0.3 is 0 Å². The summed E-state index contributed by atoms with van der Waals surface area (Å²) in [6, 6.07) is 20.0. The topological polar surface area (TPSA) is 68.9 Å². The average molecular weight is 506 g/mol. The summed E-state index contributed by atoms with van der Waals surface area (Å²) in [5.41, 5.74) is 3.26. The summed E-state index contributed by atoms with van der Waals surface area (Å²) in [4.78, 5) is 4.70. The molecule has 0 saturated heterocycles. The first kappa shape index (κ1) is 23.6. The maximum atomic E-state index is 14.5. The Morgan fingerprint density at radius 2 is 1.64 bits per heavy atom. The van der Waals surface area contributed by atoms with E-state index in [1.807, 2.05) is 36.4 Å². The minimum atomic E-state index is -1.01. The van der Waals surface area contributed by atoms with Gasteiger partial charge in [-0.25, -0.2) is 13.8 Å². The van der Waals surface area contributed by atoms with Gasteiger partial charge in [0.2, 0.25) is 5.88 Å². The lowest BCUT2D eigenvalue weighted by Gasteiger charge is -2.13. The molecule has 9 heteroatoms. The van der Waals surface area contributed by atoms with Crippen molar-refractivity contribution >= 4 is 18.3 Å². The molecule has 2 heterocycles. The highest BCUT2D eigenvalue weighted by Gasteiger charge is 2.24. The molecular weight excluding hydrogens is 484 g/mol. The Morgan fingerprint density at radius 3 is 2.36 bits per heavy atom. The van der Waals surface area contributed by atoms with E-state index in [-0.39, 0.29) is 17.1 Å². The van der Waals surface area contributed by atoms with Crippen molar-refractivity contribution in [1.29, 1.82) is 0 Å². The van der Waals surface area contributed by atoms with Gasteiger partial charge in [-0.05, 0) is 29.8 Å². The Kier molecular flexibility index (Phi) is 6.24. The molecule has 1 atom stereocenters. The molecule has 2 aromatic heterocycles. The van der Waals surface area contributed by atoms with Crippen LogP contribution >= 0.6 is 12.6 Å². The van der Waals surface area contributed by atoms with Crippen LogP contribution in [0.15, 0.2) is 72.8 Å². The number of rotatable bonds is 6. The van der Waals surface area contributed by atoms with Gasteiger partial charge in [0.15, 0.2) is 28.8 Å². The average Bonchev–Trinajstić information content (AvgIpc) is 3.30. The van der Waals surface area contributed by atoms with Crippen LogP contribution < -0.4 is 9.47 Å². The van der Waals surface area contributed by atoms with Crippen LogP contribution in [0.5, 0.6) is 17.4 Å². The highest BCUT2D eigenvalue weighted by molar-refractivity contribution is 7.80. The van der Waals surface area contributed by atoms with E-state index in [1.54, 1.807) is 26.4 Å². The first-order chi connectivity index (χ1) is 17.4. The number of aromatic nitrogens is 3. The third-order valence-electron chi connectivity index (χ3n) is 5.87. The van der Waals surface area contributed by atoms with Gasteiger partial charge in [0.25, 0.3) is 0 Å². The number of nitrogens with zero attached hydrogens (tertiary/aromatic N) is 3. The van der Waals surface area contributed by atoms with Crippen molar-refractivity contribution in [3.05, 3.63) is 95.7 Å². The molecule has 5 aromatic rings. The van der Waals surface area contributed by atoms with Crippen LogP contribution in [0.4, 0.5) is 8.78 Å². The fourth-order valence-electron chi connectivity index (χ4n) is 4.11. The molecule has 6 nitrogen and oxygen atoms in total. The van der Waals surface area contributed by atoms with E-state index in [2.05, 4.69) is 17.7 Å². The Morgan fingerprint density at radius 1 is 0.889 bits per heavy atom. The van der Waals surface area contributed by atoms with E-state index >= 15 is 0 Å². The van der Waals surface area contributed by atoms with Crippen molar-refractivity contribution in [2.45, 2.75) is 5.25 Å². The Labute approximate surface area is 211 Å². The van der Waals surface area contributed by atoms with Crippen LogP contribution in [0.2, 0.25) is 0 Å². The van der Waals surface area contributed by atoms with Gasteiger partial charge in [0.05, 0.1) is 30.7 Å². The van der Waals surface area contributed by atoms with Crippen LogP contribution in [0, 0.1) is 11.6 Å². The van der Waals surface area contributed by atoms with Gasteiger partial charge in [-0.15, -0.1) is 0 Å². The molecule has 0 saturated carbocycles. The molecule has 0 spiro atoms. The van der Waals surface area contributed by atoms with Gasteiger partial charge in [0, 0.05) is 17.2 Å². The van der Waals surface area contributed by atoms with Crippen LogP contribution in [0.1, 0.15) is 16.5 Å². The summed E-state index contributed by atoms with van der Waals surface area (Å²) in [6.07, 6.45) is 0. The molecule has 0 bridgehead atoms. The van der Waals surface area contributed by atoms with Crippen LogP contribution in [-0.2, 0) is 0 Å². The normalized spacial score (nSPS) is 12.0. The van der Waals surface area contributed by atoms with Crippen molar-refractivity contribution in [2.75, 3.05) is 14.2 Å². The Balaban J connectivity index is 1.76. The van der Waals surface area contributed by atoms with Crippen molar-refractivity contribution in [3.63, 3.8) is 0 Å². The summed E-state index contributed by atoms with van der Waals surface area (Å²) in [5, 5.41) is 14.6. The highest BCUT2D eigenvalue weighted by Crippen LogP contribution is 2.40. The zero-order valence-electron chi connectivity index (χ0n) is 19.3. The number of halogens is 2. The van der Waals surface area contributed by atoms with Crippen molar-refractivity contribution in [1.82, 2.24) is 14.6 Å². The van der Waals surface area contributed by atoms with Crippen molar-refractivity contribution in [2.24, 2.45) is 0 Å². The molecule has 5 rings (SSSR count). The second-order valence-corrected chi connectivity index (χ2v) is 8.50. The monoisotopic (exact) mass is 505 g/mol. The number of hydrogen-bond donors (Lipinski definition) is 2. The second-order valence-electron chi connectivity index (χ2n) is 7.98. The molecule has 1 N–H and O–H groups in total. The van der Waals surface area contributed by atoms with Gasteiger partial charge < -0.3 is 14.6 Å². The largest absolute Gasteiger partial charge is 0.493 e. The van der Waals surface area contributed by atoms with Gasteiger partial charge in [-0.1, -0.05) is 42.5 Å². The van der Waals surface area contributed by atoms with Gasteiger partial charge in [0.1, 0.15) is 5.69 Å². The Hall–Kier alpha value is -4.11. The lowest BCUT2D eigenvalue weighted by atomic mass is 10.0. The first-order valence-corrected chi connectivity index (χ1v) is 11.5. The van der Waals surface area contributed by atoms with Crippen molar-refractivity contribution < 1.29 is 23.4 Å². The van der Waals surface area contributed by atoms with E-state index < -0.39 is 16.9 Å². The number of methoxy groups -OCH3 is 2. The quantitative estimate of drug-likeness (QED) is 0.274. The lowest BCUT2D eigenvalue weighted by molar-refractivity contribution is 0.355. The molecule has 0 amide bonds. The van der Waals surface area contributed by atoms with E-state index in [4.69, 9.17) is 14.5 Å². The molecule has 0 aliphatic carbocycles. The molecule has 0 fully saturated rings. The number of aromatic hydroxyl groups is 1. The number of hydrogen-bond acceptors (Lipinski definition) is 6. The van der Waals surface area contributed by atoms with Crippen LogP contribution in [0.25, 0.3) is 28.0 Å². The second kappa shape index (κ2) is 9.50. The predicted octanol–water partition coefficient (Wildman–Crippen LogP) is 6.08. The summed E-state index contributed by atoms with van der Waals surface area (Å²) in [7, 11) is 3.10.